The topological polar surface area (TPSA) is 45.0 Å². The van der Waals surface area contributed by atoms with Gasteiger partial charge in [0.15, 0.2) is 0 Å². The summed E-state index contributed by atoms with van der Waals surface area (Å²) in [7, 11) is 1.65. The molecule has 1 aromatic rings. The second-order valence-corrected chi connectivity index (χ2v) is 4.52. The molecular formula is C15H22N2O. The number of hydrogen-bond donors (Lipinski definition) is 1. The minimum absolute atomic E-state index is 0.488. The summed E-state index contributed by atoms with van der Waals surface area (Å²) in [6.07, 6.45) is 3.65. The Labute approximate surface area is 110 Å². The van der Waals surface area contributed by atoms with E-state index in [1.807, 2.05) is 24.3 Å². The first kappa shape index (κ1) is 14.4. The SMILES string of the molecule is CCCC(C#N)(CCC)Nc1ccccc1OC. The zero-order valence-electron chi connectivity index (χ0n) is 11.5. The molecule has 0 atom stereocenters. The van der Waals surface area contributed by atoms with E-state index in [1.165, 1.54) is 0 Å². The molecule has 0 radical (unpaired) electrons. The standard InChI is InChI=1S/C15H22N2O/c1-4-10-15(12-16,11-5-2)17-13-8-6-7-9-14(13)18-3/h6-9,17H,4-5,10-11H2,1-3H3. The maximum atomic E-state index is 9.51. The van der Waals surface area contributed by atoms with Crippen molar-refractivity contribution in [2.24, 2.45) is 0 Å². The summed E-state index contributed by atoms with van der Waals surface area (Å²) < 4.78 is 5.32. The molecule has 3 heteroatoms. The number of benzene rings is 1. The molecule has 0 fully saturated rings. The Morgan fingerprint density at radius 3 is 2.33 bits per heavy atom. The highest BCUT2D eigenvalue weighted by atomic mass is 16.5. The third-order valence-electron chi connectivity index (χ3n) is 3.05. The smallest absolute Gasteiger partial charge is 0.141 e. The van der Waals surface area contributed by atoms with Gasteiger partial charge in [0.25, 0.3) is 0 Å². The summed E-state index contributed by atoms with van der Waals surface area (Å²) in [6, 6.07) is 10.2. The van der Waals surface area contributed by atoms with Crippen LogP contribution in [0.4, 0.5) is 5.69 Å². The normalized spacial score (nSPS) is 10.8. The van der Waals surface area contributed by atoms with Crippen LogP contribution in [0.1, 0.15) is 39.5 Å². The summed E-state index contributed by atoms with van der Waals surface area (Å²) in [5.74, 6) is 0.782. The summed E-state index contributed by atoms with van der Waals surface area (Å²) in [5, 5.41) is 12.9. The molecule has 1 N–H and O–H groups in total. The van der Waals surface area contributed by atoms with Crippen molar-refractivity contribution >= 4 is 5.69 Å². The number of nitriles is 1. The van der Waals surface area contributed by atoms with Gasteiger partial charge in [0, 0.05) is 0 Å². The highest BCUT2D eigenvalue weighted by Gasteiger charge is 2.28. The van der Waals surface area contributed by atoms with Crippen molar-refractivity contribution in [3.05, 3.63) is 24.3 Å². The maximum absolute atomic E-state index is 9.51. The number of nitrogens with zero attached hydrogens (tertiary/aromatic N) is 1. The zero-order chi connectivity index (χ0) is 13.4. The fourth-order valence-corrected chi connectivity index (χ4v) is 2.25. The first-order valence-electron chi connectivity index (χ1n) is 6.53. The first-order valence-corrected chi connectivity index (χ1v) is 6.53. The lowest BCUT2D eigenvalue weighted by Crippen LogP contribution is -2.36. The predicted octanol–water partition coefficient (Wildman–Crippen LogP) is 3.97. The third-order valence-corrected chi connectivity index (χ3v) is 3.05. The van der Waals surface area contributed by atoms with Crippen LogP contribution in [-0.4, -0.2) is 12.6 Å². The van der Waals surface area contributed by atoms with Gasteiger partial charge in [0.2, 0.25) is 0 Å². The van der Waals surface area contributed by atoms with Crippen molar-refractivity contribution in [3.8, 4) is 11.8 Å². The van der Waals surface area contributed by atoms with Crippen molar-refractivity contribution < 1.29 is 4.74 Å². The van der Waals surface area contributed by atoms with E-state index in [9.17, 15) is 5.26 Å². The van der Waals surface area contributed by atoms with Gasteiger partial charge in [-0.05, 0) is 25.0 Å². The van der Waals surface area contributed by atoms with E-state index in [-0.39, 0.29) is 0 Å². The Kier molecular flexibility index (Phi) is 5.51. The van der Waals surface area contributed by atoms with Crippen molar-refractivity contribution in [3.63, 3.8) is 0 Å². The van der Waals surface area contributed by atoms with Gasteiger partial charge in [-0.25, -0.2) is 0 Å². The molecule has 0 amide bonds. The molecule has 0 unspecified atom stereocenters. The molecule has 0 heterocycles. The van der Waals surface area contributed by atoms with Crippen molar-refractivity contribution in [2.45, 2.75) is 45.1 Å². The molecule has 98 valence electrons. The predicted molar refractivity (Wildman–Crippen MR) is 74.8 cm³/mol. The number of ether oxygens (including phenoxy) is 1. The van der Waals surface area contributed by atoms with Gasteiger partial charge in [-0.1, -0.05) is 38.8 Å². The van der Waals surface area contributed by atoms with Gasteiger partial charge in [0.05, 0.1) is 18.9 Å². The fraction of sp³-hybridized carbons (Fsp3) is 0.533. The van der Waals surface area contributed by atoms with E-state index >= 15 is 0 Å². The Bertz CT molecular complexity index is 403. The average molecular weight is 246 g/mol. The summed E-state index contributed by atoms with van der Waals surface area (Å²) in [6.45, 7) is 4.21. The van der Waals surface area contributed by atoms with Gasteiger partial charge in [-0.2, -0.15) is 5.26 Å². The molecule has 18 heavy (non-hydrogen) atoms. The third kappa shape index (κ3) is 3.40. The monoisotopic (exact) mass is 246 g/mol. The molecule has 0 saturated heterocycles. The van der Waals surface area contributed by atoms with Gasteiger partial charge in [-0.3, -0.25) is 0 Å². The van der Waals surface area contributed by atoms with Crippen molar-refractivity contribution in [2.75, 3.05) is 12.4 Å². The molecule has 0 aliphatic rings. The molecule has 1 rings (SSSR count). The molecule has 0 aliphatic heterocycles. The number of para-hydroxylation sites is 2. The Hall–Kier alpha value is -1.69. The quantitative estimate of drug-likeness (QED) is 0.791. The molecule has 3 nitrogen and oxygen atoms in total. The lowest BCUT2D eigenvalue weighted by atomic mass is 9.90. The molecule has 0 aromatic heterocycles. The second-order valence-electron chi connectivity index (χ2n) is 4.52. The van der Waals surface area contributed by atoms with Gasteiger partial charge in [0.1, 0.15) is 11.3 Å². The molecular weight excluding hydrogens is 224 g/mol. The number of methoxy groups -OCH3 is 1. The Balaban J connectivity index is 2.99. The average Bonchev–Trinajstić information content (AvgIpc) is 2.40. The maximum Gasteiger partial charge on any atom is 0.141 e. The van der Waals surface area contributed by atoms with Crippen LogP contribution in [0.2, 0.25) is 0 Å². The highest BCUT2D eigenvalue weighted by molar-refractivity contribution is 5.58. The van der Waals surface area contributed by atoms with Crippen LogP contribution < -0.4 is 10.1 Å². The number of anilines is 1. The van der Waals surface area contributed by atoms with Gasteiger partial charge >= 0.3 is 0 Å². The van der Waals surface area contributed by atoms with Crippen LogP contribution in [0.5, 0.6) is 5.75 Å². The van der Waals surface area contributed by atoms with E-state index < -0.39 is 5.54 Å². The number of hydrogen-bond acceptors (Lipinski definition) is 3. The van der Waals surface area contributed by atoms with E-state index in [4.69, 9.17) is 4.74 Å². The van der Waals surface area contributed by atoms with Crippen LogP contribution in [-0.2, 0) is 0 Å². The Morgan fingerprint density at radius 2 is 1.83 bits per heavy atom. The van der Waals surface area contributed by atoms with Crippen LogP contribution in [0.3, 0.4) is 0 Å². The fourth-order valence-electron chi connectivity index (χ4n) is 2.25. The van der Waals surface area contributed by atoms with Crippen LogP contribution in [0.15, 0.2) is 24.3 Å². The van der Waals surface area contributed by atoms with E-state index in [0.29, 0.717) is 0 Å². The van der Waals surface area contributed by atoms with Crippen molar-refractivity contribution in [1.29, 1.82) is 5.26 Å². The molecule has 0 aliphatic carbocycles. The van der Waals surface area contributed by atoms with Crippen LogP contribution >= 0.6 is 0 Å². The first-order chi connectivity index (χ1) is 8.71. The van der Waals surface area contributed by atoms with Crippen LogP contribution in [0.25, 0.3) is 0 Å². The molecule has 0 saturated carbocycles. The second kappa shape index (κ2) is 6.90. The van der Waals surface area contributed by atoms with E-state index in [0.717, 1.165) is 37.1 Å². The highest BCUT2D eigenvalue weighted by Crippen LogP contribution is 2.30. The summed E-state index contributed by atoms with van der Waals surface area (Å²) >= 11 is 0. The van der Waals surface area contributed by atoms with E-state index in [2.05, 4.69) is 25.2 Å². The minimum atomic E-state index is -0.488. The molecule has 0 spiro atoms. The van der Waals surface area contributed by atoms with Crippen molar-refractivity contribution in [1.82, 2.24) is 0 Å². The lowest BCUT2D eigenvalue weighted by Gasteiger charge is -2.29. The molecule has 1 aromatic carbocycles. The van der Waals surface area contributed by atoms with Crippen LogP contribution in [0, 0.1) is 11.3 Å². The van der Waals surface area contributed by atoms with Gasteiger partial charge < -0.3 is 10.1 Å². The minimum Gasteiger partial charge on any atom is -0.495 e. The zero-order valence-corrected chi connectivity index (χ0v) is 11.5. The lowest BCUT2D eigenvalue weighted by molar-refractivity contribution is 0.412. The largest absolute Gasteiger partial charge is 0.495 e. The number of nitrogens with one attached hydrogen (secondary N) is 1. The summed E-state index contributed by atoms with van der Waals surface area (Å²) in [4.78, 5) is 0. The van der Waals surface area contributed by atoms with E-state index in [1.54, 1.807) is 7.11 Å². The Morgan fingerprint density at radius 1 is 1.22 bits per heavy atom. The van der Waals surface area contributed by atoms with Gasteiger partial charge in [-0.15, -0.1) is 0 Å². The summed E-state index contributed by atoms with van der Waals surface area (Å²) in [5.41, 5.74) is 0.404. The number of rotatable bonds is 7. The molecule has 0 bridgehead atoms.